The number of para-hydroxylation sites is 1. The predicted octanol–water partition coefficient (Wildman–Crippen LogP) is 2.64. The summed E-state index contributed by atoms with van der Waals surface area (Å²) in [6, 6.07) is 15.7. The van der Waals surface area contributed by atoms with E-state index in [2.05, 4.69) is 28.9 Å². The van der Waals surface area contributed by atoms with Crippen molar-refractivity contribution in [3.8, 4) is 0 Å². The van der Waals surface area contributed by atoms with E-state index in [4.69, 9.17) is 0 Å². The fourth-order valence-corrected chi connectivity index (χ4v) is 1.93. The molecule has 0 radical (unpaired) electrons. The number of likely N-dealkylation sites (N-methyl/N-ethyl adjacent to an activating group) is 1. The van der Waals surface area contributed by atoms with Crippen molar-refractivity contribution in [3.63, 3.8) is 0 Å². The van der Waals surface area contributed by atoms with E-state index in [1.807, 2.05) is 36.4 Å². The molecule has 1 aromatic carbocycles. The van der Waals surface area contributed by atoms with Gasteiger partial charge in [0, 0.05) is 25.0 Å². The molecule has 3 nitrogen and oxygen atoms in total. The van der Waals surface area contributed by atoms with Gasteiger partial charge in [0.05, 0.1) is 5.69 Å². The van der Waals surface area contributed by atoms with Crippen LogP contribution in [0.4, 0.5) is 5.69 Å². The summed E-state index contributed by atoms with van der Waals surface area (Å²) in [6.45, 7) is 3.49. The standard InChI is InChI=1S/C15H18N2O/c1-2-17(13-8-4-3-5-9-13)12-15(18)14-10-6-7-11-16-14/h3-11,15,18H,2,12H2,1H3. The molecule has 1 N–H and O–H groups in total. The topological polar surface area (TPSA) is 36.4 Å². The first-order valence-electron chi connectivity index (χ1n) is 6.20. The van der Waals surface area contributed by atoms with E-state index in [9.17, 15) is 5.11 Å². The van der Waals surface area contributed by atoms with Gasteiger partial charge in [0.2, 0.25) is 0 Å². The van der Waals surface area contributed by atoms with Gasteiger partial charge in [-0.25, -0.2) is 0 Å². The van der Waals surface area contributed by atoms with Crippen molar-refractivity contribution in [2.45, 2.75) is 13.0 Å². The first kappa shape index (κ1) is 12.6. The third-order valence-corrected chi connectivity index (χ3v) is 2.93. The van der Waals surface area contributed by atoms with E-state index in [1.54, 1.807) is 6.20 Å². The molecule has 0 aliphatic heterocycles. The Balaban J connectivity index is 2.07. The van der Waals surface area contributed by atoms with Crippen LogP contribution in [0.15, 0.2) is 54.7 Å². The molecule has 1 aromatic heterocycles. The van der Waals surface area contributed by atoms with Crippen molar-refractivity contribution in [1.82, 2.24) is 4.98 Å². The number of rotatable bonds is 5. The molecule has 0 spiro atoms. The van der Waals surface area contributed by atoms with Gasteiger partial charge >= 0.3 is 0 Å². The predicted molar refractivity (Wildman–Crippen MR) is 73.5 cm³/mol. The summed E-state index contributed by atoms with van der Waals surface area (Å²) in [5.74, 6) is 0. The Morgan fingerprint density at radius 1 is 1.11 bits per heavy atom. The fourth-order valence-electron chi connectivity index (χ4n) is 1.93. The Kier molecular flexibility index (Phi) is 4.31. The maximum absolute atomic E-state index is 10.2. The van der Waals surface area contributed by atoms with Crippen LogP contribution in [0.25, 0.3) is 0 Å². The summed E-state index contributed by atoms with van der Waals surface area (Å²) < 4.78 is 0. The Morgan fingerprint density at radius 3 is 2.44 bits per heavy atom. The summed E-state index contributed by atoms with van der Waals surface area (Å²) in [5.41, 5.74) is 1.84. The molecule has 0 saturated carbocycles. The second-order valence-corrected chi connectivity index (χ2v) is 4.14. The molecule has 0 aliphatic rings. The minimum absolute atomic E-state index is 0.553. The van der Waals surface area contributed by atoms with E-state index in [-0.39, 0.29) is 0 Å². The number of aliphatic hydroxyl groups excluding tert-OH is 1. The fraction of sp³-hybridized carbons (Fsp3) is 0.267. The molecular formula is C15H18N2O. The lowest BCUT2D eigenvalue weighted by Gasteiger charge is -2.25. The van der Waals surface area contributed by atoms with Crippen LogP contribution in [-0.2, 0) is 0 Å². The molecule has 1 unspecified atom stereocenters. The molecule has 1 heterocycles. The first-order chi connectivity index (χ1) is 8.81. The van der Waals surface area contributed by atoms with Crippen molar-refractivity contribution in [1.29, 1.82) is 0 Å². The summed E-state index contributed by atoms with van der Waals surface area (Å²) in [6.07, 6.45) is 1.14. The van der Waals surface area contributed by atoms with Gasteiger partial charge in [0.25, 0.3) is 0 Å². The van der Waals surface area contributed by atoms with E-state index < -0.39 is 6.10 Å². The van der Waals surface area contributed by atoms with Crippen molar-refractivity contribution < 1.29 is 5.11 Å². The Hall–Kier alpha value is -1.87. The Bertz CT molecular complexity index is 458. The number of benzene rings is 1. The SMILES string of the molecule is CCN(CC(O)c1ccccn1)c1ccccc1. The third kappa shape index (κ3) is 3.08. The highest BCUT2D eigenvalue weighted by molar-refractivity contribution is 5.46. The van der Waals surface area contributed by atoms with Gasteiger partial charge in [0.15, 0.2) is 0 Å². The van der Waals surface area contributed by atoms with Gasteiger partial charge in [-0.15, -0.1) is 0 Å². The lowest BCUT2D eigenvalue weighted by Crippen LogP contribution is -2.28. The minimum atomic E-state index is -0.564. The summed E-state index contributed by atoms with van der Waals surface area (Å²) >= 11 is 0. The maximum Gasteiger partial charge on any atom is 0.113 e. The van der Waals surface area contributed by atoms with Crippen LogP contribution in [0.2, 0.25) is 0 Å². The average Bonchev–Trinajstić information content (AvgIpc) is 2.46. The zero-order valence-corrected chi connectivity index (χ0v) is 10.5. The number of pyridine rings is 1. The molecule has 18 heavy (non-hydrogen) atoms. The summed E-state index contributed by atoms with van der Waals surface area (Å²) in [7, 11) is 0. The van der Waals surface area contributed by atoms with Gasteiger partial charge in [0.1, 0.15) is 6.10 Å². The van der Waals surface area contributed by atoms with E-state index in [0.717, 1.165) is 12.2 Å². The number of aliphatic hydroxyl groups is 1. The number of anilines is 1. The third-order valence-electron chi connectivity index (χ3n) is 2.93. The zero-order chi connectivity index (χ0) is 12.8. The Labute approximate surface area is 108 Å². The molecular weight excluding hydrogens is 224 g/mol. The number of hydrogen-bond acceptors (Lipinski definition) is 3. The highest BCUT2D eigenvalue weighted by Gasteiger charge is 2.13. The van der Waals surface area contributed by atoms with Gasteiger partial charge in [-0.05, 0) is 31.2 Å². The van der Waals surface area contributed by atoms with E-state index >= 15 is 0 Å². The van der Waals surface area contributed by atoms with Crippen LogP contribution in [0, 0.1) is 0 Å². The van der Waals surface area contributed by atoms with Crippen LogP contribution < -0.4 is 4.90 Å². The monoisotopic (exact) mass is 242 g/mol. The van der Waals surface area contributed by atoms with Crippen LogP contribution >= 0.6 is 0 Å². The second kappa shape index (κ2) is 6.17. The maximum atomic E-state index is 10.2. The molecule has 0 amide bonds. The average molecular weight is 242 g/mol. The van der Waals surface area contributed by atoms with Crippen LogP contribution in [0.3, 0.4) is 0 Å². The van der Waals surface area contributed by atoms with Crippen molar-refractivity contribution in [2.24, 2.45) is 0 Å². The van der Waals surface area contributed by atoms with E-state index in [0.29, 0.717) is 12.2 Å². The molecule has 0 fully saturated rings. The van der Waals surface area contributed by atoms with Gasteiger partial charge in [-0.1, -0.05) is 24.3 Å². The molecule has 94 valence electrons. The first-order valence-corrected chi connectivity index (χ1v) is 6.20. The highest BCUT2D eigenvalue weighted by atomic mass is 16.3. The van der Waals surface area contributed by atoms with Crippen molar-refractivity contribution >= 4 is 5.69 Å². The molecule has 3 heteroatoms. The molecule has 2 rings (SSSR count). The highest BCUT2D eigenvalue weighted by Crippen LogP contribution is 2.17. The molecule has 2 aromatic rings. The number of hydrogen-bond donors (Lipinski definition) is 1. The van der Waals surface area contributed by atoms with Crippen molar-refractivity contribution in [2.75, 3.05) is 18.0 Å². The zero-order valence-electron chi connectivity index (χ0n) is 10.5. The minimum Gasteiger partial charge on any atom is -0.385 e. The van der Waals surface area contributed by atoms with Crippen LogP contribution in [-0.4, -0.2) is 23.2 Å². The van der Waals surface area contributed by atoms with Gasteiger partial charge < -0.3 is 10.0 Å². The van der Waals surface area contributed by atoms with Crippen LogP contribution in [0.1, 0.15) is 18.7 Å². The summed E-state index contributed by atoms with van der Waals surface area (Å²) in [4.78, 5) is 6.32. The van der Waals surface area contributed by atoms with Gasteiger partial charge in [-0.3, -0.25) is 4.98 Å². The van der Waals surface area contributed by atoms with Crippen molar-refractivity contribution in [3.05, 3.63) is 60.4 Å². The van der Waals surface area contributed by atoms with Gasteiger partial charge in [-0.2, -0.15) is 0 Å². The number of aromatic nitrogens is 1. The molecule has 1 atom stereocenters. The molecule has 0 aliphatic carbocycles. The number of nitrogens with zero attached hydrogens (tertiary/aromatic N) is 2. The normalized spacial score (nSPS) is 12.1. The van der Waals surface area contributed by atoms with Crippen LogP contribution in [0.5, 0.6) is 0 Å². The second-order valence-electron chi connectivity index (χ2n) is 4.14. The smallest absolute Gasteiger partial charge is 0.113 e. The quantitative estimate of drug-likeness (QED) is 0.875. The van der Waals surface area contributed by atoms with E-state index in [1.165, 1.54) is 0 Å². The summed E-state index contributed by atoms with van der Waals surface area (Å²) in [5, 5.41) is 10.2. The Morgan fingerprint density at radius 2 is 1.83 bits per heavy atom. The lowest BCUT2D eigenvalue weighted by atomic mass is 10.2. The molecule has 0 bridgehead atoms. The largest absolute Gasteiger partial charge is 0.385 e. The lowest BCUT2D eigenvalue weighted by molar-refractivity contribution is 0.179. The molecule has 0 saturated heterocycles.